The number of carbonyl (C=O) groups excluding carboxylic acids is 2. The molecule has 1 spiro atoms. The number of benzene rings is 1. The van der Waals surface area contributed by atoms with Crippen LogP contribution in [0.2, 0.25) is 0 Å². The summed E-state index contributed by atoms with van der Waals surface area (Å²) in [7, 11) is 1.67. The van der Waals surface area contributed by atoms with Crippen molar-refractivity contribution in [2.75, 3.05) is 44.9 Å². The number of imide groups is 1. The Labute approximate surface area is 177 Å². The molecule has 0 aromatic heterocycles. The molecule has 29 heavy (non-hydrogen) atoms. The van der Waals surface area contributed by atoms with Crippen LogP contribution in [0, 0.1) is 0 Å². The van der Waals surface area contributed by atoms with Crippen molar-refractivity contribution in [3.8, 4) is 0 Å². The molecule has 1 atom stereocenters. The van der Waals surface area contributed by atoms with Crippen LogP contribution in [-0.2, 0) is 16.1 Å². The summed E-state index contributed by atoms with van der Waals surface area (Å²) < 4.78 is 5.20. The van der Waals surface area contributed by atoms with E-state index in [0.717, 1.165) is 37.9 Å². The van der Waals surface area contributed by atoms with Gasteiger partial charge in [0.25, 0.3) is 5.91 Å². The highest BCUT2D eigenvalue weighted by Gasteiger charge is 2.57. The first-order chi connectivity index (χ1) is 14.2. The lowest BCUT2D eigenvalue weighted by Gasteiger charge is -2.44. The fourth-order valence-electron chi connectivity index (χ4n) is 4.92. The van der Waals surface area contributed by atoms with E-state index in [2.05, 4.69) is 4.90 Å². The lowest BCUT2D eigenvalue weighted by atomic mass is 9.85. The van der Waals surface area contributed by atoms with Crippen LogP contribution in [-0.4, -0.2) is 83.1 Å². The van der Waals surface area contributed by atoms with Gasteiger partial charge >= 0.3 is 6.03 Å². The Kier molecular flexibility index (Phi) is 6.47. The molecule has 6 nitrogen and oxygen atoms in total. The molecule has 3 saturated heterocycles. The Bertz CT molecular complexity index is 715. The van der Waals surface area contributed by atoms with Gasteiger partial charge in [0.15, 0.2) is 0 Å². The van der Waals surface area contributed by atoms with Gasteiger partial charge in [-0.1, -0.05) is 30.3 Å². The third-order valence-electron chi connectivity index (χ3n) is 6.58. The summed E-state index contributed by atoms with van der Waals surface area (Å²) in [5.74, 6) is 2.42. The molecule has 3 fully saturated rings. The van der Waals surface area contributed by atoms with Crippen LogP contribution in [0.5, 0.6) is 0 Å². The largest absolute Gasteiger partial charge is 0.385 e. The molecule has 0 aliphatic carbocycles. The van der Waals surface area contributed by atoms with E-state index in [0.29, 0.717) is 25.7 Å². The number of hydrogen-bond acceptors (Lipinski definition) is 5. The molecule has 158 valence electrons. The number of thioether (sulfide) groups is 1. The lowest BCUT2D eigenvalue weighted by Crippen LogP contribution is -2.58. The first-order valence-electron chi connectivity index (χ1n) is 10.6. The molecular weight excluding hydrogens is 386 g/mol. The highest BCUT2D eigenvalue weighted by atomic mass is 32.2. The number of ether oxygens (including phenoxy) is 1. The van der Waals surface area contributed by atoms with Crippen LogP contribution in [0.4, 0.5) is 4.79 Å². The quantitative estimate of drug-likeness (QED) is 0.504. The Morgan fingerprint density at radius 3 is 2.59 bits per heavy atom. The molecule has 7 heteroatoms. The van der Waals surface area contributed by atoms with Gasteiger partial charge in [0.05, 0.1) is 6.54 Å². The molecule has 3 heterocycles. The molecule has 4 rings (SSSR count). The number of piperidine rings is 1. The molecule has 3 amide bonds. The first-order valence-corrected chi connectivity index (χ1v) is 11.8. The predicted octanol–water partition coefficient (Wildman–Crippen LogP) is 2.83. The van der Waals surface area contributed by atoms with Crippen LogP contribution in [0.25, 0.3) is 0 Å². The number of likely N-dealkylation sites (tertiary alicyclic amines) is 1. The second kappa shape index (κ2) is 9.06. The molecule has 0 bridgehead atoms. The number of nitrogens with zero attached hydrogens (tertiary/aromatic N) is 3. The predicted molar refractivity (Wildman–Crippen MR) is 115 cm³/mol. The molecule has 3 aliphatic heterocycles. The Morgan fingerprint density at radius 2 is 1.93 bits per heavy atom. The normalized spacial score (nSPS) is 24.8. The molecule has 0 saturated carbocycles. The number of rotatable bonds is 7. The van der Waals surface area contributed by atoms with E-state index < -0.39 is 5.54 Å². The number of hydrogen-bond donors (Lipinski definition) is 0. The zero-order valence-electron chi connectivity index (χ0n) is 17.2. The minimum Gasteiger partial charge on any atom is -0.385 e. The minimum absolute atomic E-state index is 0.00998. The van der Waals surface area contributed by atoms with Crippen molar-refractivity contribution in [3.05, 3.63) is 35.9 Å². The van der Waals surface area contributed by atoms with E-state index in [1.165, 1.54) is 22.8 Å². The van der Waals surface area contributed by atoms with E-state index in [-0.39, 0.29) is 11.9 Å². The van der Waals surface area contributed by atoms with Crippen molar-refractivity contribution < 1.29 is 14.3 Å². The van der Waals surface area contributed by atoms with Gasteiger partial charge < -0.3 is 9.64 Å². The second-order valence-corrected chi connectivity index (χ2v) is 9.39. The van der Waals surface area contributed by atoms with Crippen LogP contribution in [0.15, 0.2) is 30.3 Å². The first kappa shape index (κ1) is 20.7. The number of methoxy groups -OCH3 is 1. The van der Waals surface area contributed by atoms with Crippen molar-refractivity contribution in [2.45, 2.75) is 43.8 Å². The maximum atomic E-state index is 13.6. The summed E-state index contributed by atoms with van der Waals surface area (Å²) in [6.45, 7) is 3.31. The summed E-state index contributed by atoms with van der Waals surface area (Å²) in [4.78, 5) is 32.7. The Hall–Kier alpha value is -1.57. The Morgan fingerprint density at radius 1 is 1.17 bits per heavy atom. The monoisotopic (exact) mass is 417 g/mol. The van der Waals surface area contributed by atoms with Crippen molar-refractivity contribution in [1.82, 2.24) is 14.7 Å². The van der Waals surface area contributed by atoms with E-state index in [1.54, 1.807) is 7.11 Å². The van der Waals surface area contributed by atoms with Gasteiger partial charge in [0.2, 0.25) is 0 Å². The van der Waals surface area contributed by atoms with Gasteiger partial charge in [-0.15, -0.1) is 0 Å². The third kappa shape index (κ3) is 4.05. The van der Waals surface area contributed by atoms with Gasteiger partial charge in [0, 0.05) is 45.1 Å². The molecule has 0 unspecified atom stereocenters. The summed E-state index contributed by atoms with van der Waals surface area (Å²) in [6.07, 6.45) is 3.45. The van der Waals surface area contributed by atoms with Crippen molar-refractivity contribution in [3.63, 3.8) is 0 Å². The lowest BCUT2D eigenvalue weighted by molar-refractivity contribution is -0.136. The number of urea groups is 1. The molecule has 1 aromatic rings. The topological polar surface area (TPSA) is 53.1 Å². The minimum atomic E-state index is -0.679. The average molecular weight is 418 g/mol. The molecule has 0 radical (unpaired) electrons. The van der Waals surface area contributed by atoms with Crippen LogP contribution < -0.4 is 0 Å². The number of amides is 3. The van der Waals surface area contributed by atoms with Crippen molar-refractivity contribution in [1.29, 1.82) is 0 Å². The SMILES string of the molecule is COCCCN1C(=O)N(Cc2ccccc2)C(=O)C12CCN([C@@H]1CCSC1)CC2. The zero-order valence-corrected chi connectivity index (χ0v) is 18.0. The standard InChI is InChI=1S/C22H31N3O3S/c1-28-14-5-11-25-21(27)24(16-18-6-3-2-4-7-18)20(26)22(25)9-12-23(13-10-22)19-8-15-29-17-19/h2-4,6-7,19H,5,8-17H2,1H3/t19-/m1/s1. The van der Waals surface area contributed by atoms with Crippen molar-refractivity contribution >= 4 is 23.7 Å². The summed E-state index contributed by atoms with van der Waals surface area (Å²) >= 11 is 2.02. The summed E-state index contributed by atoms with van der Waals surface area (Å²) in [5.41, 5.74) is 0.311. The smallest absolute Gasteiger partial charge is 0.327 e. The van der Waals surface area contributed by atoms with E-state index in [4.69, 9.17) is 4.74 Å². The maximum absolute atomic E-state index is 13.6. The zero-order chi connectivity index (χ0) is 20.3. The maximum Gasteiger partial charge on any atom is 0.327 e. The molecule has 0 N–H and O–H groups in total. The third-order valence-corrected chi connectivity index (χ3v) is 7.73. The fraction of sp³-hybridized carbons (Fsp3) is 0.636. The van der Waals surface area contributed by atoms with Gasteiger partial charge in [-0.05, 0) is 37.0 Å². The van der Waals surface area contributed by atoms with Crippen molar-refractivity contribution in [2.24, 2.45) is 0 Å². The summed E-state index contributed by atoms with van der Waals surface area (Å²) in [6, 6.07) is 10.3. The Balaban J connectivity index is 1.52. The van der Waals surface area contributed by atoms with Gasteiger partial charge in [0.1, 0.15) is 5.54 Å². The molecule has 1 aromatic carbocycles. The summed E-state index contributed by atoms with van der Waals surface area (Å²) in [5, 5.41) is 0. The fourth-order valence-corrected chi connectivity index (χ4v) is 6.17. The second-order valence-electron chi connectivity index (χ2n) is 8.24. The van der Waals surface area contributed by atoms with E-state index in [9.17, 15) is 9.59 Å². The molecule has 3 aliphatic rings. The number of carbonyl (C=O) groups is 2. The van der Waals surface area contributed by atoms with E-state index >= 15 is 0 Å². The average Bonchev–Trinajstić information content (AvgIpc) is 3.35. The van der Waals surface area contributed by atoms with Crippen LogP contribution in [0.3, 0.4) is 0 Å². The highest BCUT2D eigenvalue weighted by molar-refractivity contribution is 7.99. The van der Waals surface area contributed by atoms with Crippen LogP contribution >= 0.6 is 11.8 Å². The highest BCUT2D eigenvalue weighted by Crippen LogP contribution is 2.39. The van der Waals surface area contributed by atoms with Gasteiger partial charge in [-0.2, -0.15) is 11.8 Å². The van der Waals surface area contributed by atoms with E-state index in [1.807, 2.05) is 47.0 Å². The van der Waals surface area contributed by atoms with Gasteiger partial charge in [-0.25, -0.2) is 4.79 Å². The van der Waals surface area contributed by atoms with Crippen LogP contribution in [0.1, 0.15) is 31.2 Å². The molecular formula is C22H31N3O3S. The van der Waals surface area contributed by atoms with Gasteiger partial charge in [-0.3, -0.25) is 14.6 Å².